The number of rotatable bonds is 6. The first-order valence-electron chi connectivity index (χ1n) is 13.3. The van der Waals surface area contributed by atoms with Crippen molar-refractivity contribution in [2.75, 3.05) is 0 Å². The van der Waals surface area contributed by atoms with E-state index in [9.17, 15) is 32.3 Å². The minimum atomic E-state index is -6.09. The van der Waals surface area contributed by atoms with Crippen molar-refractivity contribution in [3.63, 3.8) is 0 Å². The third kappa shape index (κ3) is 7.61. The highest BCUT2D eigenvalue weighted by atomic mass is 32.2. The van der Waals surface area contributed by atoms with Crippen LogP contribution >= 0.6 is 0 Å². The Bertz CT molecular complexity index is 1910. The number of pyridine rings is 1. The van der Waals surface area contributed by atoms with Gasteiger partial charge in [-0.05, 0) is 43.2 Å². The largest absolute Gasteiger partial charge is 0.741 e. The standard InChI is InChI=1S/C29H25N2O6.CHF3O3S/c1-18-7-13-24-22(17-18)28(21-5-3-4-6-23(21)30(24)2)29(35)36-20-11-8-19(9-12-20)10-16-27(34)37-31-25(32)14-15-26(31)33;2-1(3,4)8(5,6)7/h3-9,11-13,17H,10,14-16H2,1-2H3;(H,5,6,7)/q+1;/p-1. The molecule has 1 aromatic heterocycles. The lowest BCUT2D eigenvalue weighted by Gasteiger charge is -2.12. The van der Waals surface area contributed by atoms with Gasteiger partial charge in [0.2, 0.25) is 11.0 Å². The number of carbonyl (C=O) groups excluding carboxylic acids is 4. The van der Waals surface area contributed by atoms with Crippen molar-refractivity contribution >= 4 is 55.7 Å². The number of amides is 2. The molecule has 0 bridgehead atoms. The zero-order valence-electron chi connectivity index (χ0n) is 23.8. The van der Waals surface area contributed by atoms with E-state index in [-0.39, 0.29) is 19.3 Å². The molecule has 3 aromatic carbocycles. The number of nitrogens with zero attached hydrogens (tertiary/aromatic N) is 2. The van der Waals surface area contributed by atoms with Crippen molar-refractivity contribution in [2.45, 2.75) is 38.1 Å². The van der Waals surface area contributed by atoms with Gasteiger partial charge in [-0.3, -0.25) is 9.59 Å². The number of hydrogen-bond acceptors (Lipinski definition) is 9. The first-order chi connectivity index (χ1) is 21.1. The van der Waals surface area contributed by atoms with Gasteiger partial charge in [-0.2, -0.15) is 17.7 Å². The molecule has 0 radical (unpaired) electrons. The van der Waals surface area contributed by atoms with Gasteiger partial charge >= 0.3 is 17.4 Å². The smallest absolute Gasteiger partial charge is 0.485 e. The lowest BCUT2D eigenvalue weighted by molar-refractivity contribution is -0.617. The average Bonchev–Trinajstić information content (AvgIpc) is 3.28. The van der Waals surface area contributed by atoms with E-state index in [2.05, 4.69) is 4.57 Å². The Morgan fingerprint density at radius 1 is 0.933 bits per heavy atom. The van der Waals surface area contributed by atoms with Crippen molar-refractivity contribution < 1.29 is 59.5 Å². The lowest BCUT2D eigenvalue weighted by Crippen LogP contribution is -2.32. The predicted octanol–water partition coefficient (Wildman–Crippen LogP) is 3.94. The molecule has 0 saturated carbocycles. The van der Waals surface area contributed by atoms with E-state index in [1.807, 2.05) is 56.4 Å². The predicted molar refractivity (Wildman–Crippen MR) is 150 cm³/mol. The zero-order valence-corrected chi connectivity index (χ0v) is 24.6. The van der Waals surface area contributed by atoms with Crippen molar-refractivity contribution in [1.82, 2.24) is 5.06 Å². The molecule has 2 heterocycles. The summed E-state index contributed by atoms with van der Waals surface area (Å²) in [6.07, 6.45) is 0.444. The third-order valence-corrected chi connectivity index (χ3v) is 7.32. The van der Waals surface area contributed by atoms with Gasteiger partial charge < -0.3 is 14.1 Å². The fourth-order valence-corrected chi connectivity index (χ4v) is 4.55. The topological polar surface area (TPSA) is 151 Å². The molecule has 11 nitrogen and oxygen atoms in total. The lowest BCUT2D eigenvalue weighted by atomic mass is 10.0. The van der Waals surface area contributed by atoms with Gasteiger partial charge in [-0.1, -0.05) is 35.9 Å². The number of aryl methyl sites for hydroxylation is 3. The van der Waals surface area contributed by atoms with Crippen LogP contribution < -0.4 is 9.30 Å². The molecule has 0 spiro atoms. The Morgan fingerprint density at radius 2 is 1.51 bits per heavy atom. The fourth-order valence-electron chi connectivity index (χ4n) is 4.55. The van der Waals surface area contributed by atoms with Gasteiger partial charge in [-0.25, -0.2) is 18.0 Å². The summed E-state index contributed by atoms with van der Waals surface area (Å²) in [6.45, 7) is 1.99. The van der Waals surface area contributed by atoms with Crippen molar-refractivity contribution in [3.8, 4) is 5.75 Å². The SMILES string of the molecule is Cc1ccc2c(c1)c(C(=O)Oc1ccc(CCC(=O)ON3C(=O)CCC3=O)cc1)c1ccccc1[n+]2C.O=S(=O)([O-])C(F)(F)F. The van der Waals surface area contributed by atoms with E-state index in [0.29, 0.717) is 22.8 Å². The van der Waals surface area contributed by atoms with Crippen molar-refractivity contribution in [1.29, 1.82) is 0 Å². The molecule has 4 aromatic rings. The molecule has 236 valence electrons. The van der Waals surface area contributed by atoms with Crippen LogP contribution in [0.4, 0.5) is 13.2 Å². The van der Waals surface area contributed by atoms with Gasteiger partial charge in [0.15, 0.2) is 10.1 Å². The molecule has 0 aliphatic carbocycles. The van der Waals surface area contributed by atoms with Crippen molar-refractivity contribution in [3.05, 3.63) is 83.4 Å². The van der Waals surface area contributed by atoms with Crippen molar-refractivity contribution in [2.24, 2.45) is 7.05 Å². The number of halogens is 3. The van der Waals surface area contributed by atoms with E-state index in [4.69, 9.17) is 22.5 Å². The number of esters is 1. The maximum absolute atomic E-state index is 13.4. The molecule has 0 unspecified atom stereocenters. The maximum Gasteiger partial charge on any atom is 0.485 e. The highest BCUT2D eigenvalue weighted by Gasteiger charge is 2.37. The number of hydrogen-bond donors (Lipinski definition) is 0. The summed E-state index contributed by atoms with van der Waals surface area (Å²) in [5.41, 5.74) is -1.44. The number of para-hydroxylation sites is 1. The second kappa shape index (κ2) is 13.0. The minimum Gasteiger partial charge on any atom is -0.741 e. The normalized spacial score (nSPS) is 13.5. The van der Waals surface area contributed by atoms with Gasteiger partial charge in [0, 0.05) is 25.0 Å². The molecule has 5 rings (SSSR count). The first kappa shape index (κ1) is 33.0. The minimum absolute atomic E-state index is 0.00540. The molecular formula is C30H25F3N2O9S. The van der Waals surface area contributed by atoms with Crippen LogP contribution in [0.15, 0.2) is 66.7 Å². The van der Waals surface area contributed by atoms with E-state index in [1.54, 1.807) is 24.3 Å². The van der Waals surface area contributed by atoms with Crippen LogP contribution in [-0.2, 0) is 42.8 Å². The highest BCUT2D eigenvalue weighted by Crippen LogP contribution is 2.27. The summed E-state index contributed by atoms with van der Waals surface area (Å²) < 4.78 is 66.7. The number of alkyl halides is 3. The molecule has 1 aliphatic rings. The highest BCUT2D eigenvalue weighted by molar-refractivity contribution is 7.86. The Balaban J connectivity index is 0.000000510. The maximum atomic E-state index is 13.4. The molecule has 2 amide bonds. The number of fused-ring (bicyclic) bond motifs is 2. The van der Waals surface area contributed by atoms with Crippen LogP contribution in [0.25, 0.3) is 21.8 Å². The van der Waals surface area contributed by atoms with E-state index >= 15 is 0 Å². The molecule has 1 aliphatic heterocycles. The van der Waals surface area contributed by atoms with Gasteiger partial charge in [-0.15, -0.1) is 5.06 Å². The summed E-state index contributed by atoms with van der Waals surface area (Å²) in [6, 6.07) is 20.6. The fraction of sp³-hybridized carbons (Fsp3) is 0.233. The van der Waals surface area contributed by atoms with Gasteiger partial charge in [0.05, 0.1) is 22.8 Å². The second-order valence-corrected chi connectivity index (χ2v) is 11.3. The number of ether oxygens (including phenoxy) is 1. The number of aromatic nitrogens is 1. The molecule has 1 fully saturated rings. The molecule has 45 heavy (non-hydrogen) atoms. The van der Waals surface area contributed by atoms with Crippen LogP contribution in [-0.4, -0.2) is 47.3 Å². The summed E-state index contributed by atoms with van der Waals surface area (Å²) in [7, 11) is -4.11. The van der Waals surface area contributed by atoms with Crippen LogP contribution in [0.2, 0.25) is 0 Å². The number of benzene rings is 3. The average molecular weight is 647 g/mol. The van der Waals surface area contributed by atoms with E-state index in [0.717, 1.165) is 32.9 Å². The van der Waals surface area contributed by atoms with Crippen LogP contribution in [0.5, 0.6) is 5.75 Å². The monoisotopic (exact) mass is 646 g/mol. The summed E-state index contributed by atoms with van der Waals surface area (Å²) >= 11 is 0. The Hall–Kier alpha value is -4.89. The number of imide groups is 1. The summed E-state index contributed by atoms with van der Waals surface area (Å²) in [5, 5.41) is 2.16. The molecule has 15 heteroatoms. The summed E-state index contributed by atoms with van der Waals surface area (Å²) in [4.78, 5) is 53.6. The van der Waals surface area contributed by atoms with Crippen LogP contribution in [0.3, 0.4) is 0 Å². The first-order valence-corrected chi connectivity index (χ1v) is 14.7. The van der Waals surface area contributed by atoms with Crippen LogP contribution in [0.1, 0.15) is 40.7 Å². The third-order valence-electron chi connectivity index (χ3n) is 6.76. The molecule has 0 atom stereocenters. The van der Waals surface area contributed by atoms with Gasteiger partial charge in [0.1, 0.15) is 12.8 Å². The molecule has 0 N–H and O–H groups in total. The Kier molecular flexibility index (Phi) is 9.53. The molecular weight excluding hydrogens is 621 g/mol. The number of carbonyl (C=O) groups is 4. The zero-order chi connectivity index (χ0) is 33.1. The second-order valence-electron chi connectivity index (χ2n) is 9.95. The molecule has 1 saturated heterocycles. The van der Waals surface area contributed by atoms with Crippen LogP contribution in [0, 0.1) is 6.92 Å². The quantitative estimate of drug-likeness (QED) is 0.0577. The Labute approximate surface area is 254 Å². The number of hydroxylamine groups is 2. The summed E-state index contributed by atoms with van der Waals surface area (Å²) in [5.74, 6) is -1.75. The van der Waals surface area contributed by atoms with E-state index in [1.165, 1.54) is 0 Å². The Morgan fingerprint density at radius 3 is 2.11 bits per heavy atom. The van der Waals surface area contributed by atoms with E-state index < -0.39 is 39.4 Å². The van der Waals surface area contributed by atoms with Gasteiger partial charge in [0.25, 0.3) is 11.8 Å².